The SMILES string of the molecule is COc1cc(C)ccc1OCC(=O)Nc1nc2c(s1)CCCCCC2. The first-order valence-electron chi connectivity index (χ1n) is 8.71. The van der Waals surface area contributed by atoms with Gasteiger partial charge in [0.1, 0.15) is 0 Å². The van der Waals surface area contributed by atoms with Crippen LogP contribution in [0.2, 0.25) is 0 Å². The number of ether oxygens (including phenoxy) is 2. The highest BCUT2D eigenvalue weighted by Gasteiger charge is 2.15. The molecule has 2 aromatic rings. The Bertz CT molecular complexity index is 717. The lowest BCUT2D eigenvalue weighted by Crippen LogP contribution is -2.20. The van der Waals surface area contributed by atoms with Crippen LogP contribution in [0.4, 0.5) is 5.13 Å². The zero-order valence-corrected chi connectivity index (χ0v) is 15.6. The minimum Gasteiger partial charge on any atom is -0.493 e. The van der Waals surface area contributed by atoms with Crippen molar-refractivity contribution in [3.05, 3.63) is 34.3 Å². The number of thiazole rings is 1. The van der Waals surface area contributed by atoms with Crippen LogP contribution in [0.25, 0.3) is 0 Å². The molecule has 6 heteroatoms. The van der Waals surface area contributed by atoms with Crippen molar-refractivity contribution in [2.24, 2.45) is 0 Å². The molecule has 0 fully saturated rings. The van der Waals surface area contributed by atoms with Crippen molar-refractivity contribution in [2.45, 2.75) is 45.4 Å². The Morgan fingerprint density at radius 1 is 1.20 bits per heavy atom. The Balaban J connectivity index is 1.59. The molecule has 0 unspecified atom stereocenters. The molecule has 1 N–H and O–H groups in total. The number of hydrogen-bond acceptors (Lipinski definition) is 5. The molecule has 1 aromatic carbocycles. The van der Waals surface area contributed by atoms with Crippen LogP contribution >= 0.6 is 11.3 Å². The van der Waals surface area contributed by atoms with Gasteiger partial charge >= 0.3 is 0 Å². The van der Waals surface area contributed by atoms with Gasteiger partial charge in [-0.05, 0) is 50.3 Å². The molecule has 0 bridgehead atoms. The number of nitrogens with zero attached hydrogens (tertiary/aromatic N) is 1. The van der Waals surface area contributed by atoms with Crippen LogP contribution in [0.3, 0.4) is 0 Å². The van der Waals surface area contributed by atoms with Crippen LogP contribution in [0.1, 0.15) is 41.8 Å². The summed E-state index contributed by atoms with van der Waals surface area (Å²) in [5.74, 6) is 0.990. The monoisotopic (exact) mass is 360 g/mol. The number of carbonyl (C=O) groups is 1. The molecule has 0 aliphatic heterocycles. The Kier molecular flexibility index (Phi) is 5.91. The van der Waals surface area contributed by atoms with E-state index in [1.54, 1.807) is 18.4 Å². The van der Waals surface area contributed by atoms with Crippen LogP contribution in [-0.2, 0) is 17.6 Å². The number of aromatic nitrogens is 1. The lowest BCUT2D eigenvalue weighted by molar-refractivity contribution is -0.118. The summed E-state index contributed by atoms with van der Waals surface area (Å²) in [7, 11) is 1.59. The lowest BCUT2D eigenvalue weighted by atomic mass is 10.0. The molecule has 25 heavy (non-hydrogen) atoms. The average molecular weight is 360 g/mol. The Labute approximate surface area is 152 Å². The van der Waals surface area contributed by atoms with Gasteiger partial charge in [-0.25, -0.2) is 4.98 Å². The molecule has 1 amide bonds. The van der Waals surface area contributed by atoms with Gasteiger partial charge in [-0.1, -0.05) is 18.9 Å². The molecule has 0 saturated heterocycles. The number of carbonyl (C=O) groups excluding carboxylic acids is 1. The average Bonchev–Trinajstić information content (AvgIpc) is 2.94. The van der Waals surface area contributed by atoms with E-state index in [4.69, 9.17) is 9.47 Å². The third-order valence-electron chi connectivity index (χ3n) is 4.27. The molecule has 134 valence electrons. The zero-order chi connectivity index (χ0) is 17.6. The highest BCUT2D eigenvalue weighted by molar-refractivity contribution is 7.15. The number of methoxy groups -OCH3 is 1. The first-order chi connectivity index (χ1) is 12.2. The van der Waals surface area contributed by atoms with Gasteiger partial charge in [-0.2, -0.15) is 0 Å². The highest BCUT2D eigenvalue weighted by Crippen LogP contribution is 2.29. The van der Waals surface area contributed by atoms with Crippen molar-refractivity contribution in [3.8, 4) is 11.5 Å². The maximum Gasteiger partial charge on any atom is 0.264 e. The highest BCUT2D eigenvalue weighted by atomic mass is 32.1. The molecule has 0 radical (unpaired) electrons. The third-order valence-corrected chi connectivity index (χ3v) is 5.34. The summed E-state index contributed by atoms with van der Waals surface area (Å²) in [5.41, 5.74) is 2.23. The van der Waals surface area contributed by atoms with Crippen molar-refractivity contribution in [2.75, 3.05) is 19.0 Å². The van der Waals surface area contributed by atoms with Gasteiger partial charge in [-0.15, -0.1) is 11.3 Å². The van der Waals surface area contributed by atoms with Gasteiger partial charge in [0.25, 0.3) is 5.91 Å². The zero-order valence-electron chi connectivity index (χ0n) is 14.8. The molecule has 1 aliphatic carbocycles. The first-order valence-corrected chi connectivity index (χ1v) is 9.53. The van der Waals surface area contributed by atoms with Crippen LogP contribution in [-0.4, -0.2) is 24.6 Å². The number of anilines is 1. The fraction of sp³-hybridized carbons (Fsp3) is 0.474. The van der Waals surface area contributed by atoms with Gasteiger partial charge in [0.2, 0.25) is 0 Å². The van der Waals surface area contributed by atoms with Crippen LogP contribution < -0.4 is 14.8 Å². The van der Waals surface area contributed by atoms with E-state index in [1.165, 1.54) is 30.6 Å². The quantitative estimate of drug-likeness (QED) is 0.871. The summed E-state index contributed by atoms with van der Waals surface area (Å²) < 4.78 is 10.9. The van der Waals surface area contributed by atoms with Gasteiger partial charge in [0.05, 0.1) is 12.8 Å². The number of benzene rings is 1. The number of aryl methyl sites for hydroxylation is 3. The second-order valence-electron chi connectivity index (χ2n) is 6.29. The molecular formula is C19H24N2O3S. The third kappa shape index (κ3) is 4.72. The standard InChI is InChI=1S/C19H24N2O3S/c1-13-9-10-15(16(11-13)23-2)24-12-18(22)21-19-20-14-7-5-3-4-6-8-17(14)25-19/h9-11H,3-8,12H2,1-2H3,(H,20,21,22). The summed E-state index contributed by atoms with van der Waals surface area (Å²) in [5, 5.41) is 3.54. The largest absolute Gasteiger partial charge is 0.493 e. The van der Waals surface area contributed by atoms with E-state index in [0.29, 0.717) is 16.6 Å². The van der Waals surface area contributed by atoms with Gasteiger partial charge in [-0.3, -0.25) is 10.1 Å². The van der Waals surface area contributed by atoms with Crippen molar-refractivity contribution >= 4 is 22.4 Å². The first kappa shape index (κ1) is 17.7. The van der Waals surface area contributed by atoms with Crippen molar-refractivity contribution in [3.63, 3.8) is 0 Å². The summed E-state index contributed by atoms with van der Waals surface area (Å²) in [6.07, 6.45) is 7.02. The second kappa shape index (κ2) is 8.34. The van der Waals surface area contributed by atoms with E-state index in [2.05, 4.69) is 10.3 Å². The summed E-state index contributed by atoms with van der Waals surface area (Å²) >= 11 is 1.59. The van der Waals surface area contributed by atoms with Crippen molar-refractivity contribution in [1.29, 1.82) is 0 Å². The molecule has 1 heterocycles. The predicted octanol–water partition coefficient (Wildman–Crippen LogP) is 4.14. The van der Waals surface area contributed by atoms with E-state index < -0.39 is 0 Å². The summed E-state index contributed by atoms with van der Waals surface area (Å²) in [6, 6.07) is 5.63. The molecule has 0 saturated carbocycles. The topological polar surface area (TPSA) is 60.5 Å². The fourth-order valence-corrected chi connectivity index (χ4v) is 4.02. The second-order valence-corrected chi connectivity index (χ2v) is 7.38. The normalized spacial score (nSPS) is 14.2. The Morgan fingerprint density at radius 3 is 2.80 bits per heavy atom. The Hall–Kier alpha value is -2.08. The van der Waals surface area contributed by atoms with Crippen molar-refractivity contribution in [1.82, 2.24) is 4.98 Å². The number of rotatable bonds is 5. The van der Waals surface area contributed by atoms with E-state index in [9.17, 15) is 4.79 Å². The number of fused-ring (bicyclic) bond motifs is 1. The number of nitrogens with one attached hydrogen (secondary N) is 1. The molecule has 0 spiro atoms. The van der Waals surface area contributed by atoms with Gasteiger partial charge < -0.3 is 9.47 Å². The van der Waals surface area contributed by atoms with E-state index in [1.807, 2.05) is 25.1 Å². The minimum atomic E-state index is -0.204. The van der Waals surface area contributed by atoms with Gasteiger partial charge in [0.15, 0.2) is 23.2 Å². The van der Waals surface area contributed by atoms with Crippen molar-refractivity contribution < 1.29 is 14.3 Å². The maximum absolute atomic E-state index is 12.2. The van der Waals surface area contributed by atoms with Crippen LogP contribution in [0.5, 0.6) is 11.5 Å². The summed E-state index contributed by atoms with van der Waals surface area (Å²) in [6.45, 7) is 1.91. The minimum absolute atomic E-state index is 0.0658. The Morgan fingerprint density at radius 2 is 2.00 bits per heavy atom. The molecule has 1 aliphatic rings. The molecule has 3 rings (SSSR count). The molecule has 0 atom stereocenters. The van der Waals surface area contributed by atoms with E-state index in [-0.39, 0.29) is 12.5 Å². The van der Waals surface area contributed by atoms with Crippen LogP contribution in [0, 0.1) is 6.92 Å². The lowest BCUT2D eigenvalue weighted by Gasteiger charge is -2.10. The smallest absolute Gasteiger partial charge is 0.264 e. The molecular weight excluding hydrogens is 336 g/mol. The molecule has 5 nitrogen and oxygen atoms in total. The van der Waals surface area contributed by atoms with E-state index >= 15 is 0 Å². The number of amides is 1. The fourth-order valence-electron chi connectivity index (χ4n) is 2.95. The van der Waals surface area contributed by atoms with Gasteiger partial charge in [0, 0.05) is 4.88 Å². The predicted molar refractivity (Wildman–Crippen MR) is 99.8 cm³/mol. The van der Waals surface area contributed by atoms with E-state index in [0.717, 1.165) is 24.1 Å². The number of hydrogen-bond donors (Lipinski definition) is 1. The summed E-state index contributed by atoms with van der Waals surface area (Å²) in [4.78, 5) is 18.1. The maximum atomic E-state index is 12.2. The van der Waals surface area contributed by atoms with Crippen LogP contribution in [0.15, 0.2) is 18.2 Å². The molecule has 1 aromatic heterocycles.